The molecule has 3 N–H and O–H groups in total. The Morgan fingerprint density at radius 2 is 2.07 bits per heavy atom. The molecule has 0 bridgehead atoms. The van der Waals surface area contributed by atoms with E-state index >= 15 is 0 Å². The van der Waals surface area contributed by atoms with Crippen LogP contribution < -0.4 is 5.32 Å². The lowest BCUT2D eigenvalue weighted by atomic mass is 9.99. The number of aromatic nitrogens is 6. The molecule has 0 atom stereocenters. The fraction of sp³-hybridized carbons (Fsp3) is 0.136. The van der Waals surface area contributed by atoms with Crippen molar-refractivity contribution in [2.45, 2.75) is 13.3 Å². The molecule has 0 aliphatic carbocycles. The van der Waals surface area contributed by atoms with Crippen molar-refractivity contribution >= 4 is 28.0 Å². The summed E-state index contributed by atoms with van der Waals surface area (Å²) in [4.78, 5) is 29.3. The van der Waals surface area contributed by atoms with Crippen LogP contribution in [-0.2, 0) is 6.42 Å². The Hall–Kier alpha value is -4.07. The fourth-order valence-corrected chi connectivity index (χ4v) is 4.09. The number of fused-ring (bicyclic) bond motifs is 4. The van der Waals surface area contributed by atoms with Gasteiger partial charge in [0.1, 0.15) is 11.2 Å². The molecule has 1 amide bonds. The minimum atomic E-state index is -0.0807. The van der Waals surface area contributed by atoms with Gasteiger partial charge in [0.2, 0.25) is 0 Å². The van der Waals surface area contributed by atoms with E-state index in [0.29, 0.717) is 34.8 Å². The molecular weight excluding hydrogens is 378 g/mol. The number of hydrogen-bond donors (Lipinski definition) is 3. The molecule has 5 aromatic rings. The highest BCUT2D eigenvalue weighted by Crippen LogP contribution is 2.31. The van der Waals surface area contributed by atoms with E-state index in [4.69, 9.17) is 4.98 Å². The smallest absolute Gasteiger partial charge is 0.253 e. The van der Waals surface area contributed by atoms with Crippen molar-refractivity contribution in [2.75, 3.05) is 6.54 Å². The molecular formula is C22H17N7O. The summed E-state index contributed by atoms with van der Waals surface area (Å²) in [5.41, 5.74) is 7.60. The summed E-state index contributed by atoms with van der Waals surface area (Å²) < 4.78 is 0. The normalized spacial score (nSPS) is 13.6. The predicted molar refractivity (Wildman–Crippen MR) is 113 cm³/mol. The van der Waals surface area contributed by atoms with Crippen molar-refractivity contribution in [2.24, 2.45) is 0 Å². The van der Waals surface area contributed by atoms with Gasteiger partial charge in [0.25, 0.3) is 5.91 Å². The number of nitrogens with one attached hydrogen (secondary N) is 3. The van der Waals surface area contributed by atoms with Crippen LogP contribution in [0.15, 0.2) is 42.9 Å². The minimum absolute atomic E-state index is 0.0807. The van der Waals surface area contributed by atoms with Gasteiger partial charge in [-0.1, -0.05) is 6.07 Å². The van der Waals surface area contributed by atoms with E-state index in [0.717, 1.165) is 39.6 Å². The number of nitrogens with zero attached hydrogens (tertiary/aromatic N) is 4. The van der Waals surface area contributed by atoms with E-state index in [9.17, 15) is 4.79 Å². The zero-order valence-electron chi connectivity index (χ0n) is 16.2. The molecule has 1 aromatic carbocycles. The SMILES string of the molecule is Cc1ccncc1-c1cnc2[nH]nc(-c3nc4c5c(ccc4[nH]3)CCNC5=O)c2c1. The van der Waals surface area contributed by atoms with E-state index in [1.54, 1.807) is 6.20 Å². The summed E-state index contributed by atoms with van der Waals surface area (Å²) >= 11 is 0. The third-order valence-electron chi connectivity index (χ3n) is 5.64. The van der Waals surface area contributed by atoms with Crippen molar-refractivity contribution in [3.63, 3.8) is 0 Å². The van der Waals surface area contributed by atoms with Crippen LogP contribution in [0.4, 0.5) is 0 Å². The monoisotopic (exact) mass is 395 g/mol. The van der Waals surface area contributed by atoms with Crippen molar-refractivity contribution in [1.29, 1.82) is 0 Å². The number of pyridine rings is 2. The summed E-state index contributed by atoms with van der Waals surface area (Å²) in [7, 11) is 0. The Labute approximate surface area is 170 Å². The van der Waals surface area contributed by atoms with Gasteiger partial charge in [0.15, 0.2) is 11.5 Å². The minimum Gasteiger partial charge on any atom is -0.352 e. The molecule has 146 valence electrons. The Balaban J connectivity index is 1.54. The molecule has 6 rings (SSSR count). The topological polar surface area (TPSA) is 112 Å². The number of benzene rings is 1. The summed E-state index contributed by atoms with van der Waals surface area (Å²) in [6.45, 7) is 2.70. The average molecular weight is 395 g/mol. The average Bonchev–Trinajstić information content (AvgIpc) is 3.37. The number of imidazole rings is 1. The Morgan fingerprint density at radius 3 is 2.97 bits per heavy atom. The second-order valence-corrected chi connectivity index (χ2v) is 7.47. The maximum Gasteiger partial charge on any atom is 0.253 e. The molecule has 1 aliphatic rings. The van der Waals surface area contributed by atoms with Crippen molar-refractivity contribution in [3.05, 3.63) is 59.5 Å². The van der Waals surface area contributed by atoms with Crippen molar-refractivity contribution < 1.29 is 4.79 Å². The lowest BCUT2D eigenvalue weighted by Gasteiger charge is -2.16. The van der Waals surface area contributed by atoms with Crippen LogP contribution in [-0.4, -0.2) is 42.6 Å². The number of hydrogen-bond acceptors (Lipinski definition) is 5. The quantitative estimate of drug-likeness (QED) is 0.425. The molecule has 0 unspecified atom stereocenters. The zero-order valence-corrected chi connectivity index (χ0v) is 16.2. The number of aromatic amines is 2. The van der Waals surface area contributed by atoms with Gasteiger partial charge in [0, 0.05) is 36.3 Å². The van der Waals surface area contributed by atoms with E-state index < -0.39 is 0 Å². The van der Waals surface area contributed by atoms with Crippen molar-refractivity contribution in [3.8, 4) is 22.6 Å². The summed E-state index contributed by atoms with van der Waals surface area (Å²) in [6, 6.07) is 7.98. The fourth-order valence-electron chi connectivity index (χ4n) is 4.09. The molecule has 8 nitrogen and oxygen atoms in total. The second-order valence-electron chi connectivity index (χ2n) is 7.47. The Morgan fingerprint density at radius 1 is 1.13 bits per heavy atom. The largest absolute Gasteiger partial charge is 0.352 e. The Kier molecular flexibility index (Phi) is 3.49. The predicted octanol–water partition coefficient (Wildman–Crippen LogP) is 3.16. The molecule has 0 spiro atoms. The van der Waals surface area contributed by atoms with Crippen LogP contribution in [0.1, 0.15) is 21.5 Å². The highest BCUT2D eigenvalue weighted by atomic mass is 16.1. The van der Waals surface area contributed by atoms with Crippen LogP contribution in [0.3, 0.4) is 0 Å². The van der Waals surface area contributed by atoms with Gasteiger partial charge < -0.3 is 10.3 Å². The van der Waals surface area contributed by atoms with Gasteiger partial charge >= 0.3 is 0 Å². The van der Waals surface area contributed by atoms with Gasteiger partial charge in [-0.05, 0) is 42.7 Å². The van der Waals surface area contributed by atoms with Gasteiger partial charge in [0.05, 0.1) is 16.5 Å². The zero-order chi connectivity index (χ0) is 20.2. The molecule has 5 heterocycles. The number of carbonyl (C=O) groups is 1. The summed E-state index contributed by atoms with van der Waals surface area (Å²) in [5, 5.41) is 11.2. The summed E-state index contributed by atoms with van der Waals surface area (Å²) in [6.07, 6.45) is 6.24. The number of H-pyrrole nitrogens is 2. The van der Waals surface area contributed by atoms with Crippen LogP contribution >= 0.6 is 0 Å². The molecule has 0 saturated heterocycles. The highest BCUT2D eigenvalue weighted by Gasteiger charge is 2.23. The number of rotatable bonds is 2. The maximum absolute atomic E-state index is 12.4. The van der Waals surface area contributed by atoms with Crippen LogP contribution in [0, 0.1) is 6.92 Å². The van der Waals surface area contributed by atoms with Gasteiger partial charge in [-0.15, -0.1) is 0 Å². The standard InChI is InChI=1S/C22H17N7O/c1-11-4-6-23-10-15(11)13-8-14-18(28-29-20(14)25-9-13)21-26-16-3-2-12-5-7-24-22(30)17(12)19(16)27-21/h2-4,6,8-10H,5,7H2,1H3,(H,24,30)(H,26,27)(H,25,28,29). The highest BCUT2D eigenvalue weighted by molar-refractivity contribution is 6.08. The molecule has 1 aliphatic heterocycles. The molecule has 0 fully saturated rings. The van der Waals surface area contributed by atoms with Gasteiger partial charge in [-0.25, -0.2) is 9.97 Å². The summed E-state index contributed by atoms with van der Waals surface area (Å²) in [5.74, 6) is 0.521. The number of amides is 1. The van der Waals surface area contributed by atoms with Crippen molar-refractivity contribution in [1.82, 2.24) is 35.5 Å². The van der Waals surface area contributed by atoms with E-state index in [-0.39, 0.29) is 5.91 Å². The number of carbonyl (C=O) groups excluding carboxylic acids is 1. The lowest BCUT2D eigenvalue weighted by Crippen LogP contribution is -2.32. The first-order chi connectivity index (χ1) is 14.7. The van der Waals surface area contributed by atoms with E-state index in [1.807, 2.05) is 43.6 Å². The molecule has 30 heavy (non-hydrogen) atoms. The molecule has 8 heteroatoms. The third kappa shape index (κ3) is 2.43. The van der Waals surface area contributed by atoms with Crippen LogP contribution in [0.2, 0.25) is 0 Å². The molecule has 0 radical (unpaired) electrons. The molecule has 4 aromatic heterocycles. The maximum atomic E-state index is 12.4. The third-order valence-corrected chi connectivity index (χ3v) is 5.64. The van der Waals surface area contributed by atoms with E-state index in [1.165, 1.54) is 0 Å². The van der Waals surface area contributed by atoms with Crippen LogP contribution in [0.5, 0.6) is 0 Å². The Bertz CT molecular complexity index is 1460. The lowest BCUT2D eigenvalue weighted by molar-refractivity contribution is 0.0947. The number of aryl methyl sites for hydroxylation is 1. The second kappa shape index (κ2) is 6.21. The van der Waals surface area contributed by atoms with E-state index in [2.05, 4.69) is 30.5 Å². The van der Waals surface area contributed by atoms with Gasteiger partial charge in [-0.2, -0.15) is 5.10 Å². The first kappa shape index (κ1) is 16.8. The molecule has 0 saturated carbocycles. The van der Waals surface area contributed by atoms with Crippen LogP contribution in [0.25, 0.3) is 44.7 Å². The first-order valence-corrected chi connectivity index (χ1v) is 9.74. The first-order valence-electron chi connectivity index (χ1n) is 9.74. The van der Waals surface area contributed by atoms with Gasteiger partial charge in [-0.3, -0.25) is 14.9 Å².